The first-order chi connectivity index (χ1) is 25.3. The number of para-hydroxylation sites is 1. The standard InChI is InChI=1S/C41H53N3O9/c1-8-50-37(45)16-10-9-13-25-51-36-26-28(2)17-20-33(36)43(6)39(47)29-18-19-32(35(27-29)49-7)42-38(46)31-14-11-12-15-34(31)52-30-21-23-44(24-22-30)40(48)53-41(3,4)5/h11-12,14-15,17-20,26-27,30H,8-10,13,16,21-25H2,1-7H3,(H,42,46). The van der Waals surface area contributed by atoms with Gasteiger partial charge in [0.05, 0.1) is 37.3 Å². The number of likely N-dealkylation sites (tertiary alicyclic amines) is 1. The highest BCUT2D eigenvalue weighted by Crippen LogP contribution is 2.33. The minimum Gasteiger partial charge on any atom is -0.495 e. The van der Waals surface area contributed by atoms with Crippen LogP contribution in [0.5, 0.6) is 17.2 Å². The van der Waals surface area contributed by atoms with Gasteiger partial charge in [-0.05, 0) is 102 Å². The molecule has 3 aromatic carbocycles. The highest BCUT2D eigenvalue weighted by atomic mass is 16.6. The van der Waals surface area contributed by atoms with Crippen LogP contribution in [0.4, 0.5) is 16.2 Å². The van der Waals surface area contributed by atoms with Crippen LogP contribution < -0.4 is 24.4 Å². The van der Waals surface area contributed by atoms with Gasteiger partial charge in [-0.2, -0.15) is 0 Å². The fourth-order valence-electron chi connectivity index (χ4n) is 5.82. The number of aryl methyl sites for hydroxylation is 1. The van der Waals surface area contributed by atoms with E-state index in [4.69, 9.17) is 23.7 Å². The van der Waals surface area contributed by atoms with Crippen molar-refractivity contribution < 1.29 is 42.9 Å². The van der Waals surface area contributed by atoms with Crippen LogP contribution in [0.3, 0.4) is 0 Å². The average molecular weight is 732 g/mol. The van der Waals surface area contributed by atoms with Crippen molar-refractivity contribution in [1.82, 2.24) is 4.90 Å². The summed E-state index contributed by atoms with van der Waals surface area (Å²) in [5.74, 6) is 0.443. The van der Waals surface area contributed by atoms with Gasteiger partial charge in [0.2, 0.25) is 0 Å². The lowest BCUT2D eigenvalue weighted by molar-refractivity contribution is -0.143. The number of hydrogen-bond donors (Lipinski definition) is 1. The molecule has 0 atom stereocenters. The molecule has 0 radical (unpaired) electrons. The zero-order chi connectivity index (χ0) is 38.5. The van der Waals surface area contributed by atoms with E-state index in [1.165, 1.54) is 12.0 Å². The Hall–Kier alpha value is -5.26. The van der Waals surface area contributed by atoms with E-state index in [0.717, 1.165) is 24.8 Å². The summed E-state index contributed by atoms with van der Waals surface area (Å²) >= 11 is 0. The van der Waals surface area contributed by atoms with E-state index in [1.54, 1.807) is 61.3 Å². The number of benzene rings is 3. The number of esters is 1. The fraction of sp³-hybridized carbons (Fsp3) is 0.463. The molecule has 4 rings (SSSR count). The molecule has 1 aliphatic rings. The van der Waals surface area contributed by atoms with E-state index in [2.05, 4.69) is 5.32 Å². The summed E-state index contributed by atoms with van der Waals surface area (Å²) in [5.41, 5.74) is 2.12. The minimum atomic E-state index is -0.567. The Labute approximate surface area is 312 Å². The molecule has 0 spiro atoms. The van der Waals surface area contributed by atoms with Crippen molar-refractivity contribution in [3.8, 4) is 17.2 Å². The van der Waals surface area contributed by atoms with Crippen molar-refractivity contribution in [2.45, 2.75) is 84.8 Å². The molecule has 0 bridgehead atoms. The first-order valence-corrected chi connectivity index (χ1v) is 18.2. The van der Waals surface area contributed by atoms with Gasteiger partial charge in [0.25, 0.3) is 11.8 Å². The van der Waals surface area contributed by atoms with Crippen molar-refractivity contribution in [2.24, 2.45) is 0 Å². The Morgan fingerprint density at radius 2 is 1.64 bits per heavy atom. The third-order valence-corrected chi connectivity index (χ3v) is 8.59. The zero-order valence-electron chi connectivity index (χ0n) is 32.0. The molecule has 12 heteroatoms. The number of anilines is 2. The van der Waals surface area contributed by atoms with Gasteiger partial charge in [0.1, 0.15) is 29.0 Å². The van der Waals surface area contributed by atoms with Gasteiger partial charge < -0.3 is 38.8 Å². The Bertz CT molecular complexity index is 1730. The van der Waals surface area contributed by atoms with Gasteiger partial charge in [-0.3, -0.25) is 14.4 Å². The van der Waals surface area contributed by atoms with Gasteiger partial charge in [-0.1, -0.05) is 18.2 Å². The van der Waals surface area contributed by atoms with E-state index in [0.29, 0.717) is 85.3 Å². The van der Waals surface area contributed by atoms with E-state index >= 15 is 0 Å². The summed E-state index contributed by atoms with van der Waals surface area (Å²) < 4.78 is 28.5. The molecular weight excluding hydrogens is 678 g/mol. The first kappa shape index (κ1) is 40.5. The molecule has 1 N–H and O–H groups in total. The number of nitrogens with zero attached hydrogens (tertiary/aromatic N) is 2. The zero-order valence-corrected chi connectivity index (χ0v) is 32.0. The first-order valence-electron chi connectivity index (χ1n) is 18.2. The largest absolute Gasteiger partial charge is 0.495 e. The molecule has 1 aliphatic heterocycles. The number of carbonyl (C=O) groups excluding carboxylic acids is 4. The Morgan fingerprint density at radius 3 is 2.34 bits per heavy atom. The number of unbranched alkanes of at least 4 members (excludes halogenated alkanes) is 2. The van der Waals surface area contributed by atoms with Crippen LogP contribution in [0, 0.1) is 6.92 Å². The lowest BCUT2D eigenvalue weighted by atomic mass is 10.1. The molecule has 0 saturated carbocycles. The molecule has 1 heterocycles. The Kier molecular flexibility index (Phi) is 14.5. The number of nitrogens with one attached hydrogen (secondary N) is 1. The smallest absolute Gasteiger partial charge is 0.410 e. The number of piperidine rings is 1. The summed E-state index contributed by atoms with van der Waals surface area (Å²) in [6.45, 7) is 11.1. The molecule has 53 heavy (non-hydrogen) atoms. The summed E-state index contributed by atoms with van der Waals surface area (Å²) in [6.07, 6.45) is 3.34. The van der Waals surface area contributed by atoms with Gasteiger partial charge >= 0.3 is 12.1 Å². The summed E-state index contributed by atoms with van der Waals surface area (Å²) in [5, 5.41) is 2.91. The van der Waals surface area contributed by atoms with Crippen molar-refractivity contribution in [2.75, 3.05) is 50.7 Å². The molecule has 3 amide bonds. The minimum absolute atomic E-state index is 0.179. The Morgan fingerprint density at radius 1 is 0.906 bits per heavy atom. The van der Waals surface area contributed by atoms with Crippen molar-refractivity contribution >= 4 is 35.3 Å². The van der Waals surface area contributed by atoms with Crippen molar-refractivity contribution in [3.05, 3.63) is 77.4 Å². The third-order valence-electron chi connectivity index (χ3n) is 8.59. The number of rotatable bonds is 15. The van der Waals surface area contributed by atoms with Gasteiger partial charge in [0, 0.05) is 45.0 Å². The van der Waals surface area contributed by atoms with Crippen molar-refractivity contribution in [3.63, 3.8) is 0 Å². The maximum atomic E-state index is 13.7. The van der Waals surface area contributed by atoms with E-state index in [-0.39, 0.29) is 24.1 Å². The molecule has 286 valence electrons. The van der Waals surface area contributed by atoms with Gasteiger partial charge in [0.15, 0.2) is 0 Å². The number of hydrogen-bond acceptors (Lipinski definition) is 9. The molecule has 12 nitrogen and oxygen atoms in total. The summed E-state index contributed by atoms with van der Waals surface area (Å²) in [6, 6.07) is 17.5. The van der Waals surface area contributed by atoms with Crippen LogP contribution >= 0.6 is 0 Å². The molecular formula is C41H53N3O9. The second-order valence-corrected chi connectivity index (χ2v) is 13.9. The number of amides is 3. The van der Waals surface area contributed by atoms with E-state index in [1.807, 2.05) is 45.9 Å². The molecule has 1 saturated heterocycles. The second-order valence-electron chi connectivity index (χ2n) is 13.9. The lowest BCUT2D eigenvalue weighted by Crippen LogP contribution is -2.44. The summed E-state index contributed by atoms with van der Waals surface area (Å²) in [7, 11) is 3.15. The molecule has 0 unspecified atom stereocenters. The van der Waals surface area contributed by atoms with Crippen LogP contribution in [0.15, 0.2) is 60.7 Å². The highest BCUT2D eigenvalue weighted by Gasteiger charge is 2.29. The van der Waals surface area contributed by atoms with Crippen molar-refractivity contribution in [1.29, 1.82) is 0 Å². The third kappa shape index (κ3) is 11.9. The van der Waals surface area contributed by atoms with Gasteiger partial charge in [-0.15, -0.1) is 0 Å². The lowest BCUT2D eigenvalue weighted by Gasteiger charge is -2.33. The second kappa shape index (κ2) is 19.0. The van der Waals surface area contributed by atoms with Crippen LogP contribution in [-0.2, 0) is 14.3 Å². The molecule has 1 fully saturated rings. The highest BCUT2D eigenvalue weighted by molar-refractivity contribution is 6.09. The number of methoxy groups -OCH3 is 1. The average Bonchev–Trinajstić information content (AvgIpc) is 3.12. The summed E-state index contributed by atoms with van der Waals surface area (Å²) in [4.78, 5) is 54.6. The monoisotopic (exact) mass is 731 g/mol. The Balaban J connectivity index is 1.38. The maximum absolute atomic E-state index is 13.7. The SMILES string of the molecule is CCOC(=O)CCCCCOc1cc(C)ccc1N(C)C(=O)c1ccc(NC(=O)c2ccccc2OC2CCN(C(=O)OC(C)(C)C)CC2)c(OC)c1. The maximum Gasteiger partial charge on any atom is 0.410 e. The number of ether oxygens (including phenoxy) is 5. The van der Waals surface area contributed by atoms with Crippen LogP contribution in [0.1, 0.15) is 92.5 Å². The van der Waals surface area contributed by atoms with Crippen LogP contribution in [0.25, 0.3) is 0 Å². The molecule has 0 aliphatic carbocycles. The van der Waals surface area contributed by atoms with Crippen LogP contribution in [-0.4, -0.2) is 80.9 Å². The van der Waals surface area contributed by atoms with E-state index < -0.39 is 11.5 Å². The number of carbonyl (C=O) groups is 4. The molecule has 0 aromatic heterocycles. The van der Waals surface area contributed by atoms with E-state index in [9.17, 15) is 19.2 Å². The topological polar surface area (TPSA) is 133 Å². The fourth-order valence-corrected chi connectivity index (χ4v) is 5.82. The predicted molar refractivity (Wildman–Crippen MR) is 203 cm³/mol. The predicted octanol–water partition coefficient (Wildman–Crippen LogP) is 7.81. The normalized spacial score (nSPS) is 13.2. The molecule has 3 aromatic rings. The van der Waals surface area contributed by atoms with Gasteiger partial charge in [-0.25, -0.2) is 4.79 Å². The van der Waals surface area contributed by atoms with Crippen LogP contribution in [0.2, 0.25) is 0 Å². The quantitative estimate of drug-likeness (QED) is 0.123.